The van der Waals surface area contributed by atoms with Crippen molar-refractivity contribution in [3.8, 4) is 11.5 Å². The molecule has 7 nitrogen and oxygen atoms in total. The average molecular weight is 460 g/mol. The molecule has 34 heavy (non-hydrogen) atoms. The summed E-state index contributed by atoms with van der Waals surface area (Å²) in [6.45, 7) is 0.324. The smallest absolute Gasteiger partial charge is 0.255 e. The molecule has 2 aromatic carbocycles. The molecule has 3 aromatic rings. The molecule has 1 heterocycles. The number of nitrogens with zero attached hydrogens (tertiary/aromatic N) is 1. The molecule has 2 N–H and O–H groups in total. The number of benzene rings is 2. The summed E-state index contributed by atoms with van der Waals surface area (Å²) >= 11 is 0. The molecule has 7 heteroatoms. The van der Waals surface area contributed by atoms with E-state index in [1.165, 1.54) is 6.42 Å². The zero-order valence-corrected chi connectivity index (χ0v) is 19.3. The SMILES string of the molecule is COc1ccc(NC(=O)c2cccc(NC(=O)C3CCCCC3)c2)cc1OCc1cccnc1. The first-order valence-electron chi connectivity index (χ1n) is 11.5. The van der Waals surface area contributed by atoms with E-state index in [1.54, 1.807) is 62.0 Å². The minimum absolute atomic E-state index is 0.0304. The molecule has 1 saturated carbocycles. The van der Waals surface area contributed by atoms with Crippen LogP contribution in [0.5, 0.6) is 11.5 Å². The maximum absolute atomic E-state index is 12.9. The molecule has 176 valence electrons. The average Bonchev–Trinajstić information content (AvgIpc) is 2.89. The lowest BCUT2D eigenvalue weighted by atomic mass is 9.88. The van der Waals surface area contributed by atoms with Crippen molar-refractivity contribution >= 4 is 23.2 Å². The van der Waals surface area contributed by atoms with Crippen LogP contribution in [-0.4, -0.2) is 23.9 Å². The Morgan fingerprint density at radius 1 is 0.941 bits per heavy atom. The van der Waals surface area contributed by atoms with Crippen LogP contribution < -0.4 is 20.1 Å². The number of pyridine rings is 1. The molecule has 0 aliphatic heterocycles. The van der Waals surface area contributed by atoms with Crippen LogP contribution in [0.15, 0.2) is 67.0 Å². The van der Waals surface area contributed by atoms with Gasteiger partial charge in [0.15, 0.2) is 11.5 Å². The van der Waals surface area contributed by atoms with Gasteiger partial charge in [-0.2, -0.15) is 0 Å². The third-order valence-electron chi connectivity index (χ3n) is 5.91. The number of nitrogens with one attached hydrogen (secondary N) is 2. The van der Waals surface area contributed by atoms with Crippen molar-refractivity contribution in [1.29, 1.82) is 0 Å². The molecular weight excluding hydrogens is 430 g/mol. The minimum atomic E-state index is -0.280. The lowest BCUT2D eigenvalue weighted by Gasteiger charge is -2.20. The van der Waals surface area contributed by atoms with Gasteiger partial charge in [0, 0.05) is 46.9 Å². The second kappa shape index (κ2) is 11.3. The number of anilines is 2. The van der Waals surface area contributed by atoms with Crippen LogP contribution in [0.1, 0.15) is 48.0 Å². The molecule has 1 fully saturated rings. The van der Waals surface area contributed by atoms with Crippen LogP contribution in [0, 0.1) is 5.92 Å². The summed E-state index contributed by atoms with van der Waals surface area (Å²) in [7, 11) is 1.57. The highest BCUT2D eigenvalue weighted by molar-refractivity contribution is 6.05. The highest BCUT2D eigenvalue weighted by Crippen LogP contribution is 2.31. The van der Waals surface area contributed by atoms with Crippen molar-refractivity contribution in [1.82, 2.24) is 4.98 Å². The van der Waals surface area contributed by atoms with E-state index in [0.29, 0.717) is 35.0 Å². The highest BCUT2D eigenvalue weighted by Gasteiger charge is 2.21. The van der Waals surface area contributed by atoms with E-state index in [-0.39, 0.29) is 17.7 Å². The van der Waals surface area contributed by atoms with E-state index >= 15 is 0 Å². The van der Waals surface area contributed by atoms with E-state index in [2.05, 4.69) is 15.6 Å². The third kappa shape index (κ3) is 6.13. The maximum Gasteiger partial charge on any atom is 0.255 e. The van der Waals surface area contributed by atoms with Gasteiger partial charge in [-0.3, -0.25) is 14.6 Å². The summed E-state index contributed by atoms with van der Waals surface area (Å²) in [6.07, 6.45) is 8.67. The molecule has 1 aliphatic carbocycles. The van der Waals surface area contributed by atoms with Crippen LogP contribution in [-0.2, 0) is 11.4 Å². The summed E-state index contributed by atoms with van der Waals surface area (Å²) in [4.78, 5) is 29.5. The van der Waals surface area contributed by atoms with Gasteiger partial charge < -0.3 is 20.1 Å². The molecule has 0 spiro atoms. The Hall–Kier alpha value is -3.87. The molecule has 0 bridgehead atoms. The molecule has 0 saturated heterocycles. The molecule has 0 atom stereocenters. The van der Waals surface area contributed by atoms with Crippen LogP contribution in [0.25, 0.3) is 0 Å². The largest absolute Gasteiger partial charge is 0.493 e. The number of ether oxygens (including phenoxy) is 2. The van der Waals surface area contributed by atoms with Gasteiger partial charge in [0.25, 0.3) is 5.91 Å². The molecule has 0 radical (unpaired) electrons. The van der Waals surface area contributed by atoms with Gasteiger partial charge in [0.05, 0.1) is 7.11 Å². The molecule has 2 amide bonds. The van der Waals surface area contributed by atoms with Crippen LogP contribution in [0.2, 0.25) is 0 Å². The van der Waals surface area contributed by atoms with Crippen molar-refractivity contribution in [3.63, 3.8) is 0 Å². The van der Waals surface area contributed by atoms with Crippen molar-refractivity contribution in [2.45, 2.75) is 38.7 Å². The monoisotopic (exact) mass is 459 g/mol. The molecule has 1 aliphatic rings. The number of carbonyl (C=O) groups excluding carboxylic acids is 2. The molecular formula is C27H29N3O4. The number of hydrogen-bond donors (Lipinski definition) is 2. The predicted molar refractivity (Wildman–Crippen MR) is 131 cm³/mol. The first kappa shape index (κ1) is 23.3. The van der Waals surface area contributed by atoms with E-state index in [4.69, 9.17) is 9.47 Å². The second-order valence-corrected chi connectivity index (χ2v) is 8.37. The lowest BCUT2D eigenvalue weighted by Crippen LogP contribution is -2.24. The summed E-state index contributed by atoms with van der Waals surface area (Å²) in [6, 6.07) is 16.0. The number of carbonyl (C=O) groups is 2. The summed E-state index contributed by atoms with van der Waals surface area (Å²) in [5.41, 5.74) is 2.57. The summed E-state index contributed by atoms with van der Waals surface area (Å²) in [5, 5.41) is 5.86. The Bertz CT molecular complexity index is 1130. The Kier molecular flexibility index (Phi) is 7.75. The van der Waals surface area contributed by atoms with Crippen molar-refractivity contribution in [2.75, 3.05) is 17.7 Å². The first-order chi connectivity index (χ1) is 16.6. The van der Waals surface area contributed by atoms with Gasteiger partial charge in [0.2, 0.25) is 5.91 Å². The Morgan fingerprint density at radius 2 is 1.76 bits per heavy atom. The predicted octanol–water partition coefficient (Wildman–Crippen LogP) is 5.44. The number of rotatable bonds is 8. The van der Waals surface area contributed by atoms with Crippen LogP contribution in [0.4, 0.5) is 11.4 Å². The second-order valence-electron chi connectivity index (χ2n) is 8.37. The zero-order chi connectivity index (χ0) is 23.8. The van der Waals surface area contributed by atoms with Crippen molar-refractivity contribution in [3.05, 3.63) is 78.1 Å². The highest BCUT2D eigenvalue weighted by atomic mass is 16.5. The molecule has 0 unspecified atom stereocenters. The fourth-order valence-electron chi connectivity index (χ4n) is 4.06. The topological polar surface area (TPSA) is 89.6 Å². The van der Waals surface area contributed by atoms with E-state index in [1.807, 2.05) is 12.1 Å². The van der Waals surface area contributed by atoms with Gasteiger partial charge in [-0.15, -0.1) is 0 Å². The van der Waals surface area contributed by atoms with E-state index in [9.17, 15) is 9.59 Å². The van der Waals surface area contributed by atoms with Gasteiger partial charge in [-0.1, -0.05) is 31.4 Å². The summed E-state index contributed by atoms with van der Waals surface area (Å²) in [5.74, 6) is 0.877. The maximum atomic E-state index is 12.9. The van der Waals surface area contributed by atoms with Gasteiger partial charge >= 0.3 is 0 Å². The summed E-state index contributed by atoms with van der Waals surface area (Å²) < 4.78 is 11.3. The van der Waals surface area contributed by atoms with E-state index < -0.39 is 0 Å². The standard InChI is InChI=1S/C27H29N3O4/c1-33-24-13-12-23(16-25(24)34-18-19-7-6-14-28-17-19)30-27(32)21-10-5-11-22(15-21)29-26(31)20-8-3-2-4-9-20/h5-7,10-17,20H,2-4,8-9,18H2,1H3,(H,29,31)(H,30,32). The number of aromatic nitrogens is 1. The minimum Gasteiger partial charge on any atom is -0.493 e. The Balaban J connectivity index is 1.41. The fraction of sp³-hybridized carbons (Fsp3) is 0.296. The van der Waals surface area contributed by atoms with Crippen LogP contribution in [0.3, 0.4) is 0 Å². The number of amides is 2. The number of hydrogen-bond acceptors (Lipinski definition) is 5. The third-order valence-corrected chi connectivity index (χ3v) is 5.91. The first-order valence-corrected chi connectivity index (χ1v) is 11.5. The fourth-order valence-corrected chi connectivity index (χ4v) is 4.06. The van der Waals surface area contributed by atoms with Crippen molar-refractivity contribution < 1.29 is 19.1 Å². The Morgan fingerprint density at radius 3 is 2.53 bits per heavy atom. The van der Waals surface area contributed by atoms with Gasteiger partial charge in [-0.25, -0.2) is 0 Å². The van der Waals surface area contributed by atoms with Gasteiger partial charge in [0.1, 0.15) is 6.61 Å². The quantitative estimate of drug-likeness (QED) is 0.468. The molecule has 4 rings (SSSR count). The van der Waals surface area contributed by atoms with Crippen LogP contribution >= 0.6 is 0 Å². The van der Waals surface area contributed by atoms with E-state index in [0.717, 1.165) is 31.2 Å². The Labute approximate surface area is 199 Å². The van der Waals surface area contributed by atoms with Crippen molar-refractivity contribution in [2.24, 2.45) is 5.92 Å². The zero-order valence-electron chi connectivity index (χ0n) is 19.3. The molecule has 1 aromatic heterocycles. The normalized spacial score (nSPS) is 13.7. The van der Waals surface area contributed by atoms with Gasteiger partial charge in [-0.05, 0) is 49.2 Å². The number of methoxy groups -OCH3 is 1. The lowest BCUT2D eigenvalue weighted by molar-refractivity contribution is -0.120.